The third-order valence-corrected chi connectivity index (χ3v) is 5.32. The topological polar surface area (TPSA) is 74.2 Å². The highest BCUT2D eigenvalue weighted by Gasteiger charge is 2.37. The van der Waals surface area contributed by atoms with E-state index in [0.717, 1.165) is 47.4 Å². The summed E-state index contributed by atoms with van der Waals surface area (Å²) in [5.74, 6) is 3.41. The van der Waals surface area contributed by atoms with Crippen LogP contribution in [0.4, 0.5) is 5.69 Å². The number of carbonyl (C=O) groups is 1. The van der Waals surface area contributed by atoms with E-state index in [1.165, 1.54) is 6.42 Å². The number of H-pyrrole nitrogens is 1. The molecule has 0 saturated heterocycles. The van der Waals surface area contributed by atoms with E-state index in [4.69, 9.17) is 4.42 Å². The van der Waals surface area contributed by atoms with E-state index >= 15 is 0 Å². The molecule has 4 rings (SSSR count). The van der Waals surface area contributed by atoms with Crippen LogP contribution in [0, 0.1) is 19.8 Å². The molecule has 2 fully saturated rings. The molecule has 0 spiro atoms. The van der Waals surface area contributed by atoms with Crippen molar-refractivity contribution in [1.29, 1.82) is 0 Å². The normalized spacial score (nSPS) is 22.4. The fourth-order valence-electron chi connectivity index (χ4n) is 3.45. The van der Waals surface area contributed by atoms with Gasteiger partial charge in [-0.2, -0.15) is 5.10 Å². The lowest BCUT2D eigenvalue weighted by molar-refractivity contribution is -0.117. The molecule has 0 aromatic carbocycles. The van der Waals surface area contributed by atoms with E-state index < -0.39 is 0 Å². The number of carbonyl (C=O) groups excluding carboxylic acids is 1. The molecule has 2 aromatic rings. The summed E-state index contributed by atoms with van der Waals surface area (Å²) in [5.41, 5.74) is 2.50. The Morgan fingerprint density at radius 1 is 1.40 bits per heavy atom. The Morgan fingerprint density at radius 2 is 2.16 bits per heavy atom. The third kappa shape index (κ3) is 3.63. The fraction of sp³-hybridized carbons (Fsp3) is 0.579. The zero-order chi connectivity index (χ0) is 17.6. The maximum Gasteiger partial charge on any atom is 0.238 e. The molecule has 2 aromatic heterocycles. The van der Waals surface area contributed by atoms with E-state index in [0.29, 0.717) is 25.0 Å². The van der Waals surface area contributed by atoms with Crippen LogP contribution in [0.1, 0.15) is 55.0 Å². The number of hydrogen-bond acceptors (Lipinski definition) is 4. The van der Waals surface area contributed by atoms with Gasteiger partial charge in [0, 0.05) is 12.0 Å². The number of aromatic nitrogens is 2. The first kappa shape index (κ1) is 16.4. The predicted molar refractivity (Wildman–Crippen MR) is 95.4 cm³/mol. The van der Waals surface area contributed by atoms with Gasteiger partial charge < -0.3 is 9.73 Å². The average molecular weight is 342 g/mol. The van der Waals surface area contributed by atoms with Gasteiger partial charge >= 0.3 is 0 Å². The Bertz CT molecular complexity index is 755. The van der Waals surface area contributed by atoms with Crippen molar-refractivity contribution < 1.29 is 9.21 Å². The molecule has 2 heterocycles. The molecule has 6 nitrogen and oxygen atoms in total. The summed E-state index contributed by atoms with van der Waals surface area (Å²) in [5, 5.41) is 10.0. The average Bonchev–Trinajstić information content (AvgIpc) is 3.48. The largest absolute Gasteiger partial charge is 0.464 e. The van der Waals surface area contributed by atoms with Crippen molar-refractivity contribution >= 4 is 11.6 Å². The number of nitrogens with one attached hydrogen (secondary N) is 2. The van der Waals surface area contributed by atoms with E-state index in [2.05, 4.69) is 39.5 Å². The molecule has 0 radical (unpaired) electrons. The second-order valence-corrected chi connectivity index (χ2v) is 7.62. The van der Waals surface area contributed by atoms with Crippen molar-refractivity contribution in [1.82, 2.24) is 15.1 Å². The van der Waals surface area contributed by atoms with E-state index in [9.17, 15) is 4.79 Å². The first-order valence-electron chi connectivity index (χ1n) is 9.15. The van der Waals surface area contributed by atoms with Crippen LogP contribution < -0.4 is 5.32 Å². The lowest BCUT2D eigenvalue weighted by atomic mass is 10.3. The molecular weight excluding hydrogens is 316 g/mol. The molecule has 2 saturated carbocycles. The number of amides is 1. The number of hydrogen-bond donors (Lipinski definition) is 2. The van der Waals surface area contributed by atoms with Gasteiger partial charge in [-0.1, -0.05) is 6.92 Å². The fourth-order valence-corrected chi connectivity index (χ4v) is 3.45. The minimum absolute atomic E-state index is 0.00194. The predicted octanol–water partition coefficient (Wildman–Crippen LogP) is 3.35. The first-order chi connectivity index (χ1) is 12.0. The van der Waals surface area contributed by atoms with Gasteiger partial charge in [-0.05, 0) is 51.2 Å². The van der Waals surface area contributed by atoms with Crippen molar-refractivity contribution in [2.24, 2.45) is 5.92 Å². The highest BCUT2D eigenvalue weighted by atomic mass is 16.3. The zero-order valence-electron chi connectivity index (χ0n) is 15.1. The summed E-state index contributed by atoms with van der Waals surface area (Å²) < 4.78 is 6.02. The van der Waals surface area contributed by atoms with Crippen molar-refractivity contribution in [2.45, 2.75) is 58.5 Å². The van der Waals surface area contributed by atoms with Gasteiger partial charge in [0.1, 0.15) is 11.5 Å². The van der Waals surface area contributed by atoms with E-state index in [-0.39, 0.29) is 5.91 Å². The van der Waals surface area contributed by atoms with Crippen LogP contribution in [-0.4, -0.2) is 33.6 Å². The molecular formula is C19H26N4O2. The monoisotopic (exact) mass is 342 g/mol. The summed E-state index contributed by atoms with van der Waals surface area (Å²) in [6.45, 7) is 7.14. The van der Waals surface area contributed by atoms with Crippen LogP contribution >= 0.6 is 0 Å². The summed E-state index contributed by atoms with van der Waals surface area (Å²) in [6.07, 6.45) is 3.54. The Kier molecular flexibility index (Phi) is 4.15. The number of nitrogens with zero attached hydrogens (tertiary/aromatic N) is 2. The Hall–Kier alpha value is -2.08. The first-order valence-corrected chi connectivity index (χ1v) is 9.15. The van der Waals surface area contributed by atoms with Crippen molar-refractivity contribution in [3.63, 3.8) is 0 Å². The van der Waals surface area contributed by atoms with Crippen LogP contribution in [0.3, 0.4) is 0 Å². The molecule has 134 valence electrons. The lowest BCUT2D eigenvalue weighted by Crippen LogP contribution is -2.34. The van der Waals surface area contributed by atoms with E-state index in [1.807, 2.05) is 13.8 Å². The van der Waals surface area contributed by atoms with Crippen molar-refractivity contribution in [3.05, 3.63) is 35.0 Å². The molecule has 2 aliphatic rings. The highest BCUT2D eigenvalue weighted by Crippen LogP contribution is 2.47. The second-order valence-electron chi connectivity index (χ2n) is 7.62. The Balaban J connectivity index is 1.38. The molecule has 2 N–H and O–H groups in total. The summed E-state index contributed by atoms with van der Waals surface area (Å²) in [6, 6.07) is 4.66. The van der Waals surface area contributed by atoms with Gasteiger partial charge in [0.25, 0.3) is 0 Å². The van der Waals surface area contributed by atoms with Crippen molar-refractivity contribution in [2.75, 3.05) is 11.9 Å². The maximum atomic E-state index is 12.5. The number of furan rings is 1. The van der Waals surface area contributed by atoms with Crippen LogP contribution in [0.5, 0.6) is 0 Å². The summed E-state index contributed by atoms with van der Waals surface area (Å²) >= 11 is 0. The highest BCUT2D eigenvalue weighted by molar-refractivity contribution is 5.93. The number of aryl methyl sites for hydroxylation is 2. The van der Waals surface area contributed by atoms with Gasteiger partial charge in [0.05, 0.1) is 30.2 Å². The molecule has 6 heteroatoms. The summed E-state index contributed by atoms with van der Waals surface area (Å²) in [7, 11) is 0. The molecule has 25 heavy (non-hydrogen) atoms. The zero-order valence-corrected chi connectivity index (χ0v) is 15.1. The number of rotatable bonds is 7. The number of anilines is 1. The lowest BCUT2D eigenvalue weighted by Gasteiger charge is -2.20. The van der Waals surface area contributed by atoms with E-state index in [1.54, 1.807) is 0 Å². The van der Waals surface area contributed by atoms with Gasteiger partial charge in [-0.15, -0.1) is 0 Å². The molecule has 2 atom stereocenters. The van der Waals surface area contributed by atoms with Crippen LogP contribution in [-0.2, 0) is 11.3 Å². The minimum Gasteiger partial charge on any atom is -0.464 e. The molecule has 2 aliphatic carbocycles. The smallest absolute Gasteiger partial charge is 0.238 e. The molecule has 1 amide bonds. The molecule has 0 unspecified atom stereocenters. The Morgan fingerprint density at radius 3 is 2.76 bits per heavy atom. The quantitative estimate of drug-likeness (QED) is 0.809. The minimum atomic E-state index is 0.00194. The summed E-state index contributed by atoms with van der Waals surface area (Å²) in [4.78, 5) is 14.7. The molecule has 0 aliphatic heterocycles. The van der Waals surface area contributed by atoms with Crippen LogP contribution in [0.2, 0.25) is 0 Å². The third-order valence-electron chi connectivity index (χ3n) is 5.32. The molecule has 0 bridgehead atoms. The van der Waals surface area contributed by atoms with Crippen LogP contribution in [0.25, 0.3) is 0 Å². The second kappa shape index (κ2) is 6.33. The van der Waals surface area contributed by atoms with Gasteiger partial charge in [-0.3, -0.25) is 14.8 Å². The maximum absolute atomic E-state index is 12.5. The van der Waals surface area contributed by atoms with Crippen LogP contribution in [0.15, 0.2) is 16.5 Å². The van der Waals surface area contributed by atoms with Crippen molar-refractivity contribution in [3.8, 4) is 0 Å². The van der Waals surface area contributed by atoms with Gasteiger partial charge in [0.2, 0.25) is 5.91 Å². The standard InChI is InChI=1S/C19H26N4O2/c1-11-8-16(11)17-7-6-15(25-17)9-23(14-4-5-14)10-18(24)20-19-12(2)21-22-13(19)3/h6-7,11,14,16H,4-5,8-10H2,1-3H3,(H,20,24)(H,21,22)/t11-,16-/m1/s1. The van der Waals surface area contributed by atoms with Gasteiger partial charge in [0.15, 0.2) is 0 Å². The number of aromatic amines is 1. The Labute approximate surface area is 148 Å². The SMILES string of the molecule is Cc1n[nH]c(C)c1NC(=O)CN(Cc1ccc([C@@H]2C[C@H]2C)o1)C1CC1. The van der Waals surface area contributed by atoms with Gasteiger partial charge in [-0.25, -0.2) is 0 Å².